The Bertz CT molecular complexity index is 932. The van der Waals surface area contributed by atoms with Crippen molar-refractivity contribution in [3.05, 3.63) is 64.7 Å². The number of aliphatic imine (C=N–C) groups is 1. The summed E-state index contributed by atoms with van der Waals surface area (Å²) in [5, 5.41) is 6.68. The first kappa shape index (κ1) is 26.9. The summed E-state index contributed by atoms with van der Waals surface area (Å²) in [6.07, 6.45) is 0. The molecule has 2 N–H and O–H groups in total. The second-order valence-electron chi connectivity index (χ2n) is 7.46. The average molecular weight is 568 g/mol. The molecule has 0 bridgehead atoms. The Hall–Kier alpha value is -2.37. The van der Waals surface area contributed by atoms with E-state index in [2.05, 4.69) is 44.8 Å². The number of ether oxygens (including phenoxy) is 3. The third-order valence-electron chi connectivity index (χ3n) is 5.42. The number of guanidine groups is 1. The zero-order valence-corrected chi connectivity index (χ0v) is 21.8. The van der Waals surface area contributed by atoms with Crippen LogP contribution in [-0.4, -0.2) is 64.4 Å². The van der Waals surface area contributed by atoms with E-state index in [1.165, 1.54) is 25.3 Å². The summed E-state index contributed by atoms with van der Waals surface area (Å²) in [7, 11) is 4.63. The van der Waals surface area contributed by atoms with E-state index in [0.717, 1.165) is 38.4 Å². The summed E-state index contributed by atoms with van der Waals surface area (Å²) in [5.41, 5.74) is 3.85. The molecule has 1 fully saturated rings. The Labute approximate surface area is 212 Å². The maximum atomic E-state index is 12.0. The van der Waals surface area contributed by atoms with Crippen LogP contribution in [0.1, 0.15) is 27.0 Å². The molecule has 1 heterocycles. The number of rotatable bonds is 8. The molecule has 0 spiro atoms. The highest BCUT2D eigenvalue weighted by molar-refractivity contribution is 14.0. The van der Waals surface area contributed by atoms with Crippen LogP contribution in [0.25, 0.3) is 0 Å². The van der Waals surface area contributed by atoms with E-state index >= 15 is 0 Å². The lowest BCUT2D eigenvalue weighted by Crippen LogP contribution is -2.37. The minimum atomic E-state index is -0.428. The first-order valence-corrected chi connectivity index (χ1v) is 10.7. The van der Waals surface area contributed by atoms with Crippen LogP contribution in [0.2, 0.25) is 0 Å². The van der Waals surface area contributed by atoms with E-state index < -0.39 is 5.97 Å². The number of nitrogens with one attached hydrogen (secondary N) is 2. The molecule has 3 rings (SSSR count). The number of hydrogen-bond acceptors (Lipinski definition) is 6. The van der Waals surface area contributed by atoms with Crippen molar-refractivity contribution in [1.29, 1.82) is 0 Å². The molecule has 9 heteroatoms. The van der Waals surface area contributed by atoms with Crippen LogP contribution >= 0.6 is 24.0 Å². The van der Waals surface area contributed by atoms with Crippen LogP contribution < -0.4 is 15.4 Å². The van der Waals surface area contributed by atoms with Gasteiger partial charge < -0.3 is 24.8 Å². The number of halogens is 1. The Morgan fingerprint density at radius 2 is 1.76 bits per heavy atom. The third-order valence-corrected chi connectivity index (χ3v) is 5.42. The number of benzene rings is 2. The summed E-state index contributed by atoms with van der Waals surface area (Å²) >= 11 is 0. The largest absolute Gasteiger partial charge is 0.496 e. The molecule has 0 unspecified atom stereocenters. The molecule has 0 aromatic heterocycles. The van der Waals surface area contributed by atoms with E-state index in [1.54, 1.807) is 19.2 Å². The fourth-order valence-electron chi connectivity index (χ4n) is 3.60. The smallest absolute Gasteiger partial charge is 0.341 e. The first-order chi connectivity index (χ1) is 15.6. The Morgan fingerprint density at radius 1 is 1.06 bits per heavy atom. The molecule has 0 aliphatic carbocycles. The summed E-state index contributed by atoms with van der Waals surface area (Å²) in [4.78, 5) is 18.7. The molecule has 1 aliphatic heterocycles. The van der Waals surface area contributed by atoms with Gasteiger partial charge in [0.2, 0.25) is 0 Å². The van der Waals surface area contributed by atoms with E-state index in [0.29, 0.717) is 30.4 Å². The van der Waals surface area contributed by atoms with Gasteiger partial charge >= 0.3 is 5.97 Å². The second-order valence-corrected chi connectivity index (χ2v) is 7.46. The lowest BCUT2D eigenvalue weighted by Gasteiger charge is -2.27. The van der Waals surface area contributed by atoms with Crippen LogP contribution in [0.4, 0.5) is 0 Å². The van der Waals surface area contributed by atoms with Gasteiger partial charge in [-0.25, -0.2) is 4.79 Å². The molecule has 8 nitrogen and oxygen atoms in total. The predicted octanol–water partition coefficient (Wildman–Crippen LogP) is 2.80. The second kappa shape index (κ2) is 14.0. The molecular weight excluding hydrogens is 535 g/mol. The third kappa shape index (κ3) is 7.86. The molecule has 33 heavy (non-hydrogen) atoms. The SMILES string of the molecule is CN=C(NCc1ccc(OC)c(C(=O)OC)c1)NCc1ccccc1CN1CCOCC1.I. The molecule has 0 saturated carbocycles. The normalized spacial score (nSPS) is 14.2. The maximum Gasteiger partial charge on any atom is 0.341 e. The fraction of sp³-hybridized carbons (Fsp3) is 0.417. The number of nitrogens with zero attached hydrogens (tertiary/aromatic N) is 2. The minimum absolute atomic E-state index is 0. The Kier molecular flexibility index (Phi) is 11.4. The van der Waals surface area contributed by atoms with Crippen LogP contribution in [0, 0.1) is 0 Å². The topological polar surface area (TPSA) is 84.4 Å². The molecule has 1 saturated heterocycles. The average Bonchev–Trinajstić information content (AvgIpc) is 2.85. The Morgan fingerprint density at radius 3 is 2.42 bits per heavy atom. The van der Waals surface area contributed by atoms with E-state index in [4.69, 9.17) is 14.2 Å². The molecule has 1 aliphatic rings. The minimum Gasteiger partial charge on any atom is -0.496 e. The highest BCUT2D eigenvalue weighted by Gasteiger charge is 2.14. The van der Waals surface area contributed by atoms with Crippen molar-refractivity contribution in [2.75, 3.05) is 47.6 Å². The Balaban J connectivity index is 0.00000385. The highest BCUT2D eigenvalue weighted by atomic mass is 127. The monoisotopic (exact) mass is 568 g/mol. The molecule has 0 atom stereocenters. The van der Waals surface area contributed by atoms with Crippen molar-refractivity contribution in [2.45, 2.75) is 19.6 Å². The van der Waals surface area contributed by atoms with Crippen molar-refractivity contribution < 1.29 is 19.0 Å². The lowest BCUT2D eigenvalue weighted by atomic mass is 10.1. The van der Waals surface area contributed by atoms with Gasteiger partial charge in [0.25, 0.3) is 0 Å². The van der Waals surface area contributed by atoms with E-state index in [1.807, 2.05) is 6.07 Å². The van der Waals surface area contributed by atoms with Crippen LogP contribution in [-0.2, 0) is 29.1 Å². The van der Waals surface area contributed by atoms with E-state index in [9.17, 15) is 4.79 Å². The quantitative estimate of drug-likeness (QED) is 0.219. The number of hydrogen-bond donors (Lipinski definition) is 2. The predicted molar refractivity (Wildman–Crippen MR) is 139 cm³/mol. The van der Waals surface area contributed by atoms with Crippen molar-refractivity contribution in [3.8, 4) is 5.75 Å². The molecule has 0 radical (unpaired) electrons. The van der Waals surface area contributed by atoms with Gasteiger partial charge in [0.05, 0.1) is 27.4 Å². The zero-order valence-electron chi connectivity index (χ0n) is 19.4. The highest BCUT2D eigenvalue weighted by Crippen LogP contribution is 2.20. The maximum absolute atomic E-state index is 12.0. The number of morpholine rings is 1. The van der Waals surface area contributed by atoms with Crippen molar-refractivity contribution in [3.63, 3.8) is 0 Å². The van der Waals surface area contributed by atoms with Crippen LogP contribution in [0.5, 0.6) is 5.75 Å². The van der Waals surface area contributed by atoms with Gasteiger partial charge in [0.1, 0.15) is 11.3 Å². The number of carbonyl (C=O) groups excluding carboxylic acids is 1. The van der Waals surface area contributed by atoms with Gasteiger partial charge in [-0.2, -0.15) is 0 Å². The van der Waals surface area contributed by atoms with Gasteiger partial charge in [0, 0.05) is 39.8 Å². The van der Waals surface area contributed by atoms with Crippen LogP contribution in [0.3, 0.4) is 0 Å². The zero-order chi connectivity index (χ0) is 22.8. The van der Waals surface area contributed by atoms with Crippen molar-refractivity contribution in [1.82, 2.24) is 15.5 Å². The van der Waals surface area contributed by atoms with E-state index in [-0.39, 0.29) is 24.0 Å². The summed E-state index contributed by atoms with van der Waals surface area (Å²) in [6.45, 7) is 5.58. The van der Waals surface area contributed by atoms with Crippen LogP contribution in [0.15, 0.2) is 47.5 Å². The van der Waals surface area contributed by atoms with Crippen molar-refractivity contribution in [2.24, 2.45) is 4.99 Å². The standard InChI is InChI=1S/C24H32N4O4.HI/c1-25-24(26-15-18-8-9-22(30-2)21(14-18)23(29)31-3)27-16-19-6-4-5-7-20(19)17-28-10-12-32-13-11-28;/h4-9,14H,10-13,15-17H2,1-3H3,(H2,25,26,27);1H. The van der Waals surface area contributed by atoms with Crippen molar-refractivity contribution >= 4 is 35.9 Å². The molecule has 2 aromatic carbocycles. The van der Waals surface area contributed by atoms with Gasteiger partial charge in [-0.15, -0.1) is 24.0 Å². The summed E-state index contributed by atoms with van der Waals surface area (Å²) in [5.74, 6) is 0.740. The van der Waals surface area contributed by atoms with Gasteiger partial charge in [0.15, 0.2) is 5.96 Å². The molecule has 0 amide bonds. The van der Waals surface area contributed by atoms with Gasteiger partial charge in [-0.05, 0) is 28.8 Å². The molecule has 2 aromatic rings. The summed E-state index contributed by atoms with van der Waals surface area (Å²) < 4.78 is 15.6. The molecule has 180 valence electrons. The molecular formula is C24H33IN4O4. The lowest BCUT2D eigenvalue weighted by molar-refractivity contribution is 0.0341. The number of carbonyl (C=O) groups is 1. The van der Waals surface area contributed by atoms with Gasteiger partial charge in [-0.1, -0.05) is 30.3 Å². The number of methoxy groups -OCH3 is 2. The summed E-state index contributed by atoms with van der Waals surface area (Å²) in [6, 6.07) is 13.9. The number of esters is 1. The fourth-order valence-corrected chi connectivity index (χ4v) is 3.60. The first-order valence-electron chi connectivity index (χ1n) is 10.7. The van der Waals surface area contributed by atoms with Gasteiger partial charge in [-0.3, -0.25) is 9.89 Å².